The molecule has 0 unspecified atom stereocenters. The van der Waals surface area contributed by atoms with Crippen molar-refractivity contribution in [3.8, 4) is 17.6 Å². The first-order valence-corrected chi connectivity index (χ1v) is 9.84. The number of hydrogen-bond acceptors (Lipinski definition) is 6. The standard InChI is InChI=1S/C22H21FN6O2/c1-2-19(30)28-10-4-7-16(13-28)29-22-20(21(24)25-14-26-22)18(27-29)9-5-11-31-17-8-3-6-15(23)12-17/h2-3,6,8,12,14,16H,1,4,7,10-11,13H2,(H2,24,25,26)/t16-/m1/s1. The molecule has 1 atom stereocenters. The number of hydrogen-bond donors (Lipinski definition) is 1. The molecule has 8 nitrogen and oxygen atoms in total. The van der Waals surface area contributed by atoms with Gasteiger partial charge in [0, 0.05) is 19.2 Å². The van der Waals surface area contributed by atoms with Crippen LogP contribution in [0.15, 0.2) is 43.2 Å². The van der Waals surface area contributed by atoms with Crippen LogP contribution >= 0.6 is 0 Å². The quantitative estimate of drug-likeness (QED) is 0.514. The maximum atomic E-state index is 13.3. The molecule has 0 radical (unpaired) electrons. The number of likely N-dealkylation sites (tertiary alicyclic amines) is 1. The van der Waals surface area contributed by atoms with E-state index in [4.69, 9.17) is 10.5 Å². The lowest BCUT2D eigenvalue weighted by atomic mass is 10.1. The molecule has 1 aromatic carbocycles. The van der Waals surface area contributed by atoms with E-state index in [9.17, 15) is 9.18 Å². The summed E-state index contributed by atoms with van der Waals surface area (Å²) in [6.45, 7) is 4.80. The fraction of sp³-hybridized carbons (Fsp3) is 0.273. The zero-order valence-corrected chi connectivity index (χ0v) is 16.8. The number of piperidine rings is 1. The molecule has 1 fully saturated rings. The zero-order valence-electron chi connectivity index (χ0n) is 16.8. The number of anilines is 1. The number of benzene rings is 1. The first-order chi connectivity index (χ1) is 15.1. The molecule has 1 aliphatic heterocycles. The third-order valence-corrected chi connectivity index (χ3v) is 5.06. The minimum atomic E-state index is -0.378. The van der Waals surface area contributed by atoms with Gasteiger partial charge < -0.3 is 15.4 Å². The summed E-state index contributed by atoms with van der Waals surface area (Å²) >= 11 is 0. The van der Waals surface area contributed by atoms with Gasteiger partial charge in [0.25, 0.3) is 0 Å². The molecule has 1 aliphatic rings. The summed E-state index contributed by atoms with van der Waals surface area (Å²) < 4.78 is 20.5. The van der Waals surface area contributed by atoms with Gasteiger partial charge in [0.2, 0.25) is 5.91 Å². The van der Waals surface area contributed by atoms with Gasteiger partial charge in [-0.15, -0.1) is 0 Å². The Labute approximate surface area is 178 Å². The van der Waals surface area contributed by atoms with Crippen LogP contribution in [0.3, 0.4) is 0 Å². The molecule has 3 aromatic rings. The second-order valence-electron chi connectivity index (χ2n) is 7.08. The molecule has 31 heavy (non-hydrogen) atoms. The Balaban J connectivity index is 1.60. The summed E-state index contributed by atoms with van der Waals surface area (Å²) in [5, 5.41) is 5.20. The number of carbonyl (C=O) groups is 1. The second kappa shape index (κ2) is 8.83. The monoisotopic (exact) mass is 420 g/mol. The van der Waals surface area contributed by atoms with Gasteiger partial charge in [0.1, 0.15) is 36.0 Å². The smallest absolute Gasteiger partial charge is 0.246 e. The van der Waals surface area contributed by atoms with Crippen molar-refractivity contribution >= 4 is 22.8 Å². The van der Waals surface area contributed by atoms with Crippen molar-refractivity contribution in [3.05, 3.63) is 54.8 Å². The predicted octanol–water partition coefficient (Wildman–Crippen LogP) is 2.33. The van der Waals surface area contributed by atoms with Gasteiger partial charge in [-0.05, 0) is 37.0 Å². The van der Waals surface area contributed by atoms with E-state index in [-0.39, 0.29) is 30.2 Å². The molecule has 0 spiro atoms. The highest BCUT2D eigenvalue weighted by Gasteiger charge is 2.27. The van der Waals surface area contributed by atoms with Crippen molar-refractivity contribution in [2.75, 3.05) is 25.4 Å². The third-order valence-electron chi connectivity index (χ3n) is 5.06. The second-order valence-corrected chi connectivity index (χ2v) is 7.08. The molecular weight excluding hydrogens is 399 g/mol. The molecular formula is C22H21FN6O2. The first kappa shape index (κ1) is 20.3. The molecule has 158 valence electrons. The minimum Gasteiger partial charge on any atom is -0.481 e. The van der Waals surface area contributed by atoms with Crippen LogP contribution in [0.2, 0.25) is 0 Å². The van der Waals surface area contributed by atoms with Crippen molar-refractivity contribution in [2.45, 2.75) is 18.9 Å². The van der Waals surface area contributed by atoms with Crippen molar-refractivity contribution in [3.63, 3.8) is 0 Å². The van der Waals surface area contributed by atoms with E-state index >= 15 is 0 Å². The maximum absolute atomic E-state index is 13.3. The molecule has 1 saturated heterocycles. The van der Waals surface area contributed by atoms with E-state index < -0.39 is 0 Å². The minimum absolute atomic E-state index is 0.0520. The highest BCUT2D eigenvalue weighted by atomic mass is 19.1. The Morgan fingerprint density at radius 1 is 1.42 bits per heavy atom. The number of nitrogens with zero attached hydrogens (tertiary/aromatic N) is 5. The number of aromatic nitrogens is 4. The van der Waals surface area contributed by atoms with Crippen LogP contribution in [-0.4, -0.2) is 50.3 Å². The summed E-state index contributed by atoms with van der Waals surface area (Å²) in [6, 6.07) is 5.79. The Morgan fingerprint density at radius 2 is 2.29 bits per heavy atom. The van der Waals surface area contributed by atoms with Crippen LogP contribution in [0.25, 0.3) is 11.0 Å². The number of amides is 1. The van der Waals surface area contributed by atoms with Gasteiger partial charge >= 0.3 is 0 Å². The number of fused-ring (bicyclic) bond motifs is 1. The average molecular weight is 420 g/mol. The van der Waals surface area contributed by atoms with Crippen molar-refractivity contribution < 1.29 is 13.9 Å². The molecule has 0 saturated carbocycles. The highest BCUT2D eigenvalue weighted by Crippen LogP contribution is 2.28. The molecule has 0 aliphatic carbocycles. The SMILES string of the molecule is C=CC(=O)N1CCC[C@@H](n2nc(C#CCOc3cccc(F)c3)c3c(N)ncnc32)C1. The Bertz CT molecular complexity index is 1200. The van der Waals surface area contributed by atoms with E-state index in [1.165, 1.54) is 24.5 Å². The normalized spacial score (nSPS) is 15.9. The Kier molecular flexibility index (Phi) is 5.80. The van der Waals surface area contributed by atoms with Gasteiger partial charge in [-0.1, -0.05) is 18.6 Å². The lowest BCUT2D eigenvalue weighted by Crippen LogP contribution is -2.40. The zero-order chi connectivity index (χ0) is 21.8. The van der Waals surface area contributed by atoms with Crippen molar-refractivity contribution in [2.24, 2.45) is 0 Å². The number of ether oxygens (including phenoxy) is 1. The fourth-order valence-electron chi connectivity index (χ4n) is 3.62. The van der Waals surface area contributed by atoms with E-state index in [0.717, 1.165) is 12.8 Å². The van der Waals surface area contributed by atoms with Crippen LogP contribution in [0, 0.1) is 17.7 Å². The van der Waals surface area contributed by atoms with Gasteiger partial charge in [-0.25, -0.2) is 19.0 Å². The fourth-order valence-corrected chi connectivity index (χ4v) is 3.62. The number of rotatable bonds is 4. The Hall–Kier alpha value is -3.93. The number of nitrogens with two attached hydrogens (primary N) is 1. The molecule has 3 heterocycles. The topological polar surface area (TPSA) is 99.2 Å². The molecule has 2 N–H and O–H groups in total. The summed E-state index contributed by atoms with van der Waals surface area (Å²) in [6.07, 6.45) is 4.39. The summed E-state index contributed by atoms with van der Waals surface area (Å²) in [5.74, 6) is 6.03. The van der Waals surface area contributed by atoms with Crippen LogP contribution in [0.1, 0.15) is 24.6 Å². The largest absolute Gasteiger partial charge is 0.481 e. The number of halogens is 1. The lowest BCUT2D eigenvalue weighted by Gasteiger charge is -2.32. The van der Waals surface area contributed by atoms with E-state index in [2.05, 4.69) is 33.5 Å². The number of carbonyl (C=O) groups excluding carboxylic acids is 1. The van der Waals surface area contributed by atoms with Crippen molar-refractivity contribution in [1.82, 2.24) is 24.6 Å². The first-order valence-electron chi connectivity index (χ1n) is 9.84. The van der Waals surface area contributed by atoms with E-state index in [1.807, 2.05) is 0 Å². The predicted molar refractivity (Wildman–Crippen MR) is 114 cm³/mol. The molecule has 0 bridgehead atoms. The van der Waals surface area contributed by atoms with Crippen molar-refractivity contribution in [1.29, 1.82) is 0 Å². The Morgan fingerprint density at radius 3 is 3.10 bits per heavy atom. The van der Waals surface area contributed by atoms with Crippen LogP contribution in [-0.2, 0) is 4.79 Å². The molecule has 1 amide bonds. The van der Waals surface area contributed by atoms with Gasteiger partial charge in [-0.3, -0.25) is 4.79 Å². The summed E-state index contributed by atoms with van der Waals surface area (Å²) in [7, 11) is 0. The van der Waals surface area contributed by atoms with E-state index in [0.29, 0.717) is 35.6 Å². The van der Waals surface area contributed by atoms with Crippen LogP contribution < -0.4 is 10.5 Å². The number of nitrogen functional groups attached to an aromatic ring is 1. The van der Waals surface area contributed by atoms with Gasteiger partial charge in [0.05, 0.1) is 11.4 Å². The summed E-state index contributed by atoms with van der Waals surface area (Å²) in [5.41, 5.74) is 7.09. The third kappa shape index (κ3) is 4.33. The molecule has 4 rings (SSSR count). The van der Waals surface area contributed by atoms with Crippen LogP contribution in [0.5, 0.6) is 5.75 Å². The van der Waals surface area contributed by atoms with Gasteiger partial charge in [-0.2, -0.15) is 5.10 Å². The lowest BCUT2D eigenvalue weighted by molar-refractivity contribution is -0.127. The van der Waals surface area contributed by atoms with Gasteiger partial charge in [0.15, 0.2) is 5.65 Å². The molecule has 9 heteroatoms. The van der Waals surface area contributed by atoms with E-state index in [1.54, 1.807) is 21.7 Å². The molecule has 2 aromatic heterocycles. The van der Waals surface area contributed by atoms with Crippen LogP contribution in [0.4, 0.5) is 10.2 Å². The summed E-state index contributed by atoms with van der Waals surface area (Å²) in [4.78, 5) is 22.2. The maximum Gasteiger partial charge on any atom is 0.246 e. The average Bonchev–Trinajstić information content (AvgIpc) is 3.16. The highest BCUT2D eigenvalue weighted by molar-refractivity contribution is 5.90.